The molecule has 6 nitrogen and oxygen atoms in total. The maximum Gasteiger partial charge on any atom is 0.272 e. The van der Waals surface area contributed by atoms with Crippen LogP contribution in [0.1, 0.15) is 16.2 Å². The van der Waals surface area contributed by atoms with E-state index in [-0.39, 0.29) is 12.5 Å². The highest BCUT2D eigenvalue weighted by atomic mass is 35.5. The Morgan fingerprint density at radius 2 is 2.00 bits per heavy atom. The first kappa shape index (κ1) is 16.9. The zero-order valence-electron chi connectivity index (χ0n) is 13.7. The molecule has 2 heterocycles. The molecule has 0 aliphatic carbocycles. The average molecular weight is 387 g/mol. The van der Waals surface area contributed by atoms with Crippen LogP contribution in [0, 0.1) is 0 Å². The van der Waals surface area contributed by atoms with Crippen molar-refractivity contribution in [3.63, 3.8) is 0 Å². The van der Waals surface area contributed by atoms with E-state index in [1.807, 2.05) is 30.3 Å². The van der Waals surface area contributed by atoms with Gasteiger partial charge in [0.25, 0.3) is 5.91 Å². The predicted molar refractivity (Wildman–Crippen MR) is 100 cm³/mol. The van der Waals surface area contributed by atoms with Crippen molar-refractivity contribution < 1.29 is 9.53 Å². The molecular weight excluding hydrogens is 372 g/mol. The fourth-order valence-corrected chi connectivity index (χ4v) is 3.72. The van der Waals surface area contributed by atoms with E-state index in [1.54, 1.807) is 45.7 Å². The minimum absolute atomic E-state index is 0.0871. The van der Waals surface area contributed by atoms with Crippen LogP contribution in [0.15, 0.2) is 59.8 Å². The molecule has 1 amide bonds. The highest BCUT2D eigenvalue weighted by Crippen LogP contribution is 2.25. The molecule has 4 rings (SSSR count). The minimum Gasteiger partial charge on any atom is -0.485 e. The number of hydrogen-bond acceptors (Lipinski definition) is 5. The Balaban J connectivity index is 1.59. The summed E-state index contributed by atoms with van der Waals surface area (Å²) in [5.41, 5.74) is 0.626. The first-order chi connectivity index (χ1) is 12.7. The van der Waals surface area contributed by atoms with Gasteiger partial charge in [-0.25, -0.2) is 9.69 Å². The number of benzene rings is 2. The SMILES string of the molecule is O=C(c1ccccc1)N1CCSc2nnc(COc3cccc(Cl)c3)n21. The lowest BCUT2D eigenvalue weighted by Gasteiger charge is -2.29. The summed E-state index contributed by atoms with van der Waals surface area (Å²) in [7, 11) is 0. The first-order valence-corrected chi connectivity index (χ1v) is 9.41. The lowest BCUT2D eigenvalue weighted by molar-refractivity contribution is 0.0953. The van der Waals surface area contributed by atoms with Crippen molar-refractivity contribution in [2.75, 3.05) is 17.3 Å². The van der Waals surface area contributed by atoms with Gasteiger partial charge in [0.15, 0.2) is 5.82 Å². The lowest BCUT2D eigenvalue weighted by atomic mass is 10.2. The van der Waals surface area contributed by atoms with E-state index in [9.17, 15) is 4.79 Å². The Kier molecular flexibility index (Phi) is 4.81. The number of amides is 1. The van der Waals surface area contributed by atoms with Gasteiger partial charge in [-0.3, -0.25) is 4.79 Å². The summed E-state index contributed by atoms with van der Waals surface area (Å²) >= 11 is 7.55. The zero-order valence-corrected chi connectivity index (χ0v) is 15.3. The minimum atomic E-state index is -0.0871. The van der Waals surface area contributed by atoms with Crippen molar-refractivity contribution >= 4 is 29.3 Å². The summed E-state index contributed by atoms with van der Waals surface area (Å²) in [6.07, 6.45) is 0. The van der Waals surface area contributed by atoms with Crippen molar-refractivity contribution in [3.8, 4) is 5.75 Å². The summed E-state index contributed by atoms with van der Waals surface area (Å²) in [5, 5.41) is 11.3. The van der Waals surface area contributed by atoms with Crippen LogP contribution in [0.2, 0.25) is 5.02 Å². The molecule has 0 unspecified atom stereocenters. The van der Waals surface area contributed by atoms with Crippen LogP contribution in [0.4, 0.5) is 0 Å². The summed E-state index contributed by atoms with van der Waals surface area (Å²) in [5.74, 6) is 1.89. The number of carbonyl (C=O) groups excluding carboxylic acids is 1. The van der Waals surface area contributed by atoms with Gasteiger partial charge in [-0.15, -0.1) is 10.2 Å². The van der Waals surface area contributed by atoms with Gasteiger partial charge in [-0.05, 0) is 30.3 Å². The molecule has 0 atom stereocenters. The van der Waals surface area contributed by atoms with E-state index in [1.165, 1.54) is 0 Å². The Hall–Kier alpha value is -2.51. The number of hydrogen-bond donors (Lipinski definition) is 0. The van der Waals surface area contributed by atoms with Gasteiger partial charge < -0.3 is 4.74 Å². The van der Waals surface area contributed by atoms with E-state index < -0.39 is 0 Å². The number of thioether (sulfide) groups is 1. The molecule has 0 spiro atoms. The number of fused-ring (bicyclic) bond motifs is 1. The molecule has 1 aliphatic rings. The van der Waals surface area contributed by atoms with Gasteiger partial charge in [-0.1, -0.05) is 47.6 Å². The van der Waals surface area contributed by atoms with Gasteiger partial charge in [0.1, 0.15) is 12.4 Å². The third-order valence-corrected chi connectivity index (χ3v) is 5.01. The Morgan fingerprint density at radius 1 is 1.15 bits per heavy atom. The van der Waals surface area contributed by atoms with E-state index >= 15 is 0 Å². The molecule has 0 N–H and O–H groups in total. The second-order valence-electron chi connectivity index (χ2n) is 5.60. The number of carbonyl (C=O) groups is 1. The standard InChI is InChI=1S/C18H15ClN4O2S/c19-14-7-4-8-15(11-14)25-12-16-20-21-18-23(16)22(9-10-26-18)17(24)13-5-2-1-3-6-13/h1-8,11H,9-10,12H2. The molecule has 0 saturated heterocycles. The molecule has 0 bridgehead atoms. The second-order valence-corrected chi connectivity index (χ2v) is 7.10. The molecule has 3 aromatic rings. The highest BCUT2D eigenvalue weighted by molar-refractivity contribution is 7.99. The van der Waals surface area contributed by atoms with Crippen molar-refractivity contribution in [1.29, 1.82) is 0 Å². The van der Waals surface area contributed by atoms with Gasteiger partial charge >= 0.3 is 0 Å². The van der Waals surface area contributed by atoms with Crippen molar-refractivity contribution in [2.45, 2.75) is 11.8 Å². The zero-order chi connectivity index (χ0) is 17.9. The van der Waals surface area contributed by atoms with E-state index in [0.717, 1.165) is 5.75 Å². The normalized spacial score (nSPS) is 13.3. The average Bonchev–Trinajstić information content (AvgIpc) is 3.10. The summed E-state index contributed by atoms with van der Waals surface area (Å²) in [4.78, 5) is 12.9. The van der Waals surface area contributed by atoms with Crippen molar-refractivity contribution in [1.82, 2.24) is 14.9 Å². The van der Waals surface area contributed by atoms with Crippen molar-refractivity contribution in [3.05, 3.63) is 71.0 Å². The topological polar surface area (TPSA) is 60.3 Å². The molecule has 2 aromatic carbocycles. The van der Waals surface area contributed by atoms with Gasteiger partial charge in [0, 0.05) is 16.3 Å². The smallest absolute Gasteiger partial charge is 0.272 e. The molecule has 1 aromatic heterocycles. The fourth-order valence-electron chi connectivity index (χ4n) is 2.67. The second kappa shape index (κ2) is 7.39. The van der Waals surface area contributed by atoms with Crippen LogP contribution >= 0.6 is 23.4 Å². The molecule has 8 heteroatoms. The third kappa shape index (κ3) is 3.40. The molecule has 1 aliphatic heterocycles. The van der Waals surface area contributed by atoms with Crippen LogP contribution in [-0.4, -0.2) is 33.1 Å². The van der Waals surface area contributed by atoms with Crippen molar-refractivity contribution in [2.24, 2.45) is 0 Å². The molecule has 0 saturated carbocycles. The fraction of sp³-hybridized carbons (Fsp3) is 0.167. The number of ether oxygens (including phenoxy) is 1. The van der Waals surface area contributed by atoms with E-state index in [2.05, 4.69) is 10.2 Å². The van der Waals surface area contributed by atoms with Gasteiger partial charge in [0.2, 0.25) is 5.16 Å². The van der Waals surface area contributed by atoms with Gasteiger partial charge in [0.05, 0.1) is 6.54 Å². The quantitative estimate of drug-likeness (QED) is 0.687. The summed E-state index contributed by atoms with van der Waals surface area (Å²) in [6.45, 7) is 0.764. The predicted octanol–water partition coefficient (Wildman–Crippen LogP) is 3.39. The van der Waals surface area contributed by atoms with Crippen LogP contribution in [0.5, 0.6) is 5.75 Å². The molecule has 0 radical (unpaired) electrons. The third-order valence-electron chi connectivity index (χ3n) is 3.87. The van der Waals surface area contributed by atoms with E-state index in [4.69, 9.17) is 16.3 Å². The maximum atomic E-state index is 12.9. The van der Waals surface area contributed by atoms with Crippen LogP contribution in [0.25, 0.3) is 0 Å². The van der Waals surface area contributed by atoms with Gasteiger partial charge in [-0.2, -0.15) is 0 Å². The Labute approximate surface area is 159 Å². The Morgan fingerprint density at radius 3 is 2.81 bits per heavy atom. The molecule has 0 fully saturated rings. The molecule has 26 heavy (non-hydrogen) atoms. The number of nitrogens with zero attached hydrogens (tertiary/aromatic N) is 4. The van der Waals surface area contributed by atoms with Crippen LogP contribution in [0.3, 0.4) is 0 Å². The Bertz CT molecular complexity index is 932. The first-order valence-electron chi connectivity index (χ1n) is 8.05. The molecule has 132 valence electrons. The monoisotopic (exact) mass is 386 g/mol. The van der Waals surface area contributed by atoms with Crippen LogP contribution in [-0.2, 0) is 6.61 Å². The lowest BCUT2D eigenvalue weighted by Crippen LogP contribution is -2.45. The number of halogens is 1. The number of rotatable bonds is 4. The number of aromatic nitrogens is 3. The van der Waals surface area contributed by atoms with Crippen LogP contribution < -0.4 is 9.75 Å². The molecular formula is C18H15ClN4O2S. The summed E-state index contributed by atoms with van der Waals surface area (Å²) < 4.78 is 7.52. The van der Waals surface area contributed by atoms with E-state index in [0.29, 0.717) is 33.9 Å². The largest absolute Gasteiger partial charge is 0.485 e. The summed E-state index contributed by atoms with van der Waals surface area (Å²) in [6, 6.07) is 16.3. The maximum absolute atomic E-state index is 12.9. The highest BCUT2D eigenvalue weighted by Gasteiger charge is 2.28.